The third kappa shape index (κ3) is 4.24. The van der Waals surface area contributed by atoms with E-state index in [0.717, 1.165) is 25.7 Å². The molecule has 2 heterocycles. The molecule has 36 heavy (non-hydrogen) atoms. The molecule has 2 fully saturated rings. The Morgan fingerprint density at radius 2 is 1.58 bits per heavy atom. The summed E-state index contributed by atoms with van der Waals surface area (Å²) in [5.41, 5.74) is 6.35. The fourth-order valence-corrected chi connectivity index (χ4v) is 6.27. The van der Waals surface area contributed by atoms with Crippen molar-refractivity contribution in [3.8, 4) is 11.3 Å². The van der Waals surface area contributed by atoms with Crippen LogP contribution in [0, 0.1) is 12.8 Å². The predicted molar refractivity (Wildman–Crippen MR) is 145 cm³/mol. The molecule has 1 aromatic heterocycles. The topological polar surface area (TPSA) is 34.5 Å². The number of aromatic nitrogens is 1. The quantitative estimate of drug-likeness (QED) is 0.318. The molecule has 1 atom stereocenters. The summed E-state index contributed by atoms with van der Waals surface area (Å²) in [4.78, 5) is 15.8. The van der Waals surface area contributed by atoms with Gasteiger partial charge in [-0.15, -0.1) is 0 Å². The molecular weight excluding hydrogens is 444 g/mol. The number of para-hydroxylation sites is 1. The van der Waals surface area contributed by atoms with E-state index >= 15 is 0 Å². The van der Waals surface area contributed by atoms with Crippen LogP contribution in [0.15, 0.2) is 84.9 Å². The fraction of sp³-hybridized carbons (Fsp3) is 0.344. The van der Waals surface area contributed by atoms with Crippen molar-refractivity contribution < 1.29 is 9.53 Å². The lowest BCUT2D eigenvalue weighted by Gasteiger charge is -2.40. The van der Waals surface area contributed by atoms with E-state index < -0.39 is 0 Å². The second-order valence-electron chi connectivity index (χ2n) is 10.3. The highest BCUT2D eigenvalue weighted by atomic mass is 16.5. The van der Waals surface area contributed by atoms with Gasteiger partial charge in [-0.25, -0.2) is 0 Å². The summed E-state index contributed by atoms with van der Waals surface area (Å²) in [6.07, 6.45) is 3.91. The van der Waals surface area contributed by atoms with Crippen molar-refractivity contribution in [2.24, 2.45) is 5.92 Å². The van der Waals surface area contributed by atoms with Gasteiger partial charge in [0, 0.05) is 40.7 Å². The highest BCUT2D eigenvalue weighted by Gasteiger charge is 2.35. The molecule has 1 aliphatic carbocycles. The molecule has 4 aromatic rings. The largest absolute Gasteiger partial charge is 0.377 e. The first-order valence-electron chi connectivity index (χ1n) is 13.3. The van der Waals surface area contributed by atoms with Gasteiger partial charge < -0.3 is 14.2 Å². The summed E-state index contributed by atoms with van der Waals surface area (Å²) in [5.74, 6) is 0.399. The second kappa shape index (κ2) is 9.94. The van der Waals surface area contributed by atoms with Gasteiger partial charge in [-0.2, -0.15) is 0 Å². The lowest BCUT2D eigenvalue weighted by atomic mass is 9.84. The summed E-state index contributed by atoms with van der Waals surface area (Å²) in [5, 5.41) is 1.29. The molecule has 1 unspecified atom stereocenters. The molecule has 4 nitrogen and oxygen atoms in total. The first kappa shape index (κ1) is 23.1. The Morgan fingerprint density at radius 1 is 0.861 bits per heavy atom. The van der Waals surface area contributed by atoms with Gasteiger partial charge in [-0.3, -0.25) is 4.79 Å². The first-order chi connectivity index (χ1) is 17.7. The van der Waals surface area contributed by atoms with Crippen molar-refractivity contribution in [1.82, 2.24) is 9.47 Å². The van der Waals surface area contributed by atoms with Crippen LogP contribution in [0.1, 0.15) is 48.9 Å². The summed E-state index contributed by atoms with van der Waals surface area (Å²) in [7, 11) is 0. The minimum atomic E-state index is 0.0197. The van der Waals surface area contributed by atoms with Gasteiger partial charge in [0.15, 0.2) is 0 Å². The molecule has 1 saturated carbocycles. The Hall–Kier alpha value is -3.37. The van der Waals surface area contributed by atoms with Gasteiger partial charge in [-0.1, -0.05) is 72.8 Å². The Bertz CT molecular complexity index is 1350. The summed E-state index contributed by atoms with van der Waals surface area (Å²) >= 11 is 0. The normalized spacial score (nSPS) is 22.6. The fourth-order valence-electron chi connectivity index (χ4n) is 6.27. The molecule has 0 spiro atoms. The van der Waals surface area contributed by atoms with Gasteiger partial charge in [0.2, 0.25) is 5.91 Å². The number of carbonyl (C=O) groups excluding carboxylic acids is 1. The van der Waals surface area contributed by atoms with E-state index in [1.807, 2.05) is 18.2 Å². The van der Waals surface area contributed by atoms with Crippen molar-refractivity contribution in [2.75, 3.05) is 19.8 Å². The third-order valence-corrected chi connectivity index (χ3v) is 8.18. The summed E-state index contributed by atoms with van der Waals surface area (Å²) < 4.78 is 8.33. The minimum Gasteiger partial charge on any atom is -0.377 e. The Kier molecular flexibility index (Phi) is 6.37. The van der Waals surface area contributed by atoms with Crippen molar-refractivity contribution >= 4 is 16.8 Å². The van der Waals surface area contributed by atoms with Crippen LogP contribution in [0.4, 0.5) is 0 Å². The van der Waals surface area contributed by atoms with Crippen LogP contribution in [0.25, 0.3) is 22.2 Å². The molecule has 1 amide bonds. The zero-order valence-corrected chi connectivity index (χ0v) is 21.0. The number of benzene rings is 3. The summed E-state index contributed by atoms with van der Waals surface area (Å²) in [6.45, 7) is 4.08. The Labute approximate surface area is 213 Å². The van der Waals surface area contributed by atoms with E-state index in [1.54, 1.807) is 0 Å². The molecule has 1 aliphatic heterocycles. The second-order valence-corrected chi connectivity index (χ2v) is 10.3. The number of ether oxygens (including phenoxy) is 1. The van der Waals surface area contributed by atoms with E-state index in [1.165, 1.54) is 33.3 Å². The van der Waals surface area contributed by atoms with Gasteiger partial charge in [0.25, 0.3) is 0 Å². The van der Waals surface area contributed by atoms with Crippen LogP contribution in [-0.4, -0.2) is 35.1 Å². The SMILES string of the molecule is Cc1ccccc1-c1cc2ccccc2n1C1CCC(C(=O)N2CCOCC2c2ccccc2)CC1. The number of rotatable bonds is 4. The van der Waals surface area contributed by atoms with Crippen LogP contribution >= 0.6 is 0 Å². The smallest absolute Gasteiger partial charge is 0.226 e. The number of hydrogen-bond donors (Lipinski definition) is 0. The number of hydrogen-bond acceptors (Lipinski definition) is 2. The number of morpholine rings is 1. The van der Waals surface area contributed by atoms with Crippen LogP contribution in [0.3, 0.4) is 0 Å². The van der Waals surface area contributed by atoms with Crippen molar-refractivity contribution in [3.05, 3.63) is 96.1 Å². The van der Waals surface area contributed by atoms with Gasteiger partial charge in [0.1, 0.15) is 0 Å². The number of fused-ring (bicyclic) bond motifs is 1. The maximum Gasteiger partial charge on any atom is 0.226 e. The van der Waals surface area contributed by atoms with Crippen molar-refractivity contribution in [2.45, 2.75) is 44.7 Å². The first-order valence-corrected chi connectivity index (χ1v) is 13.3. The highest BCUT2D eigenvalue weighted by Crippen LogP contribution is 2.41. The Morgan fingerprint density at radius 3 is 2.39 bits per heavy atom. The molecule has 184 valence electrons. The van der Waals surface area contributed by atoms with Gasteiger partial charge in [-0.05, 0) is 55.9 Å². The van der Waals surface area contributed by atoms with Crippen LogP contribution in [-0.2, 0) is 9.53 Å². The van der Waals surface area contributed by atoms with Crippen LogP contribution in [0.2, 0.25) is 0 Å². The number of carbonyl (C=O) groups is 1. The number of nitrogens with zero attached hydrogens (tertiary/aromatic N) is 2. The minimum absolute atomic E-state index is 0.0197. The maximum absolute atomic E-state index is 13.7. The van der Waals surface area contributed by atoms with Crippen LogP contribution < -0.4 is 0 Å². The van der Waals surface area contributed by atoms with Gasteiger partial charge in [0.05, 0.1) is 19.3 Å². The molecule has 0 bridgehead atoms. The average Bonchev–Trinajstić information content (AvgIpc) is 3.33. The molecule has 0 radical (unpaired) electrons. The van der Waals surface area contributed by atoms with E-state index in [2.05, 4.69) is 83.1 Å². The highest BCUT2D eigenvalue weighted by molar-refractivity contribution is 5.88. The van der Waals surface area contributed by atoms with Crippen LogP contribution in [0.5, 0.6) is 0 Å². The zero-order chi connectivity index (χ0) is 24.5. The Balaban J connectivity index is 1.24. The molecule has 1 saturated heterocycles. The van der Waals surface area contributed by atoms with E-state index in [0.29, 0.717) is 31.7 Å². The zero-order valence-electron chi connectivity index (χ0n) is 21.0. The number of aryl methyl sites for hydroxylation is 1. The molecule has 2 aliphatic rings. The molecule has 0 N–H and O–H groups in total. The third-order valence-electron chi connectivity index (χ3n) is 8.18. The van der Waals surface area contributed by atoms with Crippen molar-refractivity contribution in [1.29, 1.82) is 0 Å². The molecule has 3 aromatic carbocycles. The molecule has 4 heteroatoms. The lowest BCUT2D eigenvalue weighted by Crippen LogP contribution is -2.46. The number of amides is 1. The van der Waals surface area contributed by atoms with E-state index in [-0.39, 0.29) is 12.0 Å². The average molecular weight is 479 g/mol. The van der Waals surface area contributed by atoms with E-state index in [9.17, 15) is 4.79 Å². The van der Waals surface area contributed by atoms with Crippen molar-refractivity contribution in [3.63, 3.8) is 0 Å². The molecular formula is C32H34N2O2. The maximum atomic E-state index is 13.7. The predicted octanol–water partition coefficient (Wildman–Crippen LogP) is 6.95. The van der Waals surface area contributed by atoms with E-state index in [4.69, 9.17) is 4.74 Å². The lowest BCUT2D eigenvalue weighted by molar-refractivity contribution is -0.146. The molecule has 6 rings (SSSR count). The van der Waals surface area contributed by atoms with Gasteiger partial charge >= 0.3 is 0 Å². The monoisotopic (exact) mass is 478 g/mol. The standard InChI is InChI=1S/C32H34N2O2/c1-23-9-5-7-13-28(23)30-21-26-12-6-8-14-29(26)34(30)27-17-15-25(16-18-27)32(35)33-19-20-36-22-31(33)24-10-3-2-4-11-24/h2-14,21,25,27,31H,15-20,22H2,1H3. The summed E-state index contributed by atoms with van der Waals surface area (Å²) in [6, 6.07) is 30.5.